The van der Waals surface area contributed by atoms with E-state index < -0.39 is 0 Å². The van der Waals surface area contributed by atoms with Crippen molar-refractivity contribution in [1.82, 2.24) is 9.97 Å². The van der Waals surface area contributed by atoms with Gasteiger partial charge in [0.25, 0.3) is 0 Å². The summed E-state index contributed by atoms with van der Waals surface area (Å²) in [5.41, 5.74) is 1.73. The normalized spacial score (nSPS) is 13.3. The summed E-state index contributed by atoms with van der Waals surface area (Å²) in [6, 6.07) is 11.0. The molecule has 0 bridgehead atoms. The fourth-order valence-electron chi connectivity index (χ4n) is 2.35. The fourth-order valence-corrected chi connectivity index (χ4v) is 2.48. The molecule has 1 aliphatic heterocycles. The molecular formula is C16H13ClN2O3. The molecule has 0 saturated heterocycles. The van der Waals surface area contributed by atoms with Crippen molar-refractivity contribution in [3.05, 3.63) is 47.2 Å². The third-order valence-electron chi connectivity index (χ3n) is 3.38. The van der Waals surface area contributed by atoms with E-state index in [9.17, 15) is 0 Å². The maximum absolute atomic E-state index is 5.85. The van der Waals surface area contributed by atoms with Gasteiger partial charge in [-0.25, -0.2) is 4.98 Å². The van der Waals surface area contributed by atoms with Crippen LogP contribution in [-0.2, 0) is 6.61 Å². The number of hydrogen-bond donors (Lipinski definition) is 1. The van der Waals surface area contributed by atoms with Gasteiger partial charge in [-0.3, -0.25) is 0 Å². The summed E-state index contributed by atoms with van der Waals surface area (Å²) in [5, 5.41) is 0.682. The molecule has 22 heavy (non-hydrogen) atoms. The number of aromatic nitrogens is 2. The van der Waals surface area contributed by atoms with E-state index in [0.717, 1.165) is 34.1 Å². The highest BCUT2D eigenvalue weighted by Gasteiger charge is 2.14. The molecule has 6 heteroatoms. The zero-order chi connectivity index (χ0) is 14.9. The third-order valence-corrected chi connectivity index (χ3v) is 3.64. The van der Waals surface area contributed by atoms with Crippen molar-refractivity contribution in [1.29, 1.82) is 0 Å². The van der Waals surface area contributed by atoms with Crippen molar-refractivity contribution in [3.8, 4) is 17.2 Å². The van der Waals surface area contributed by atoms with E-state index in [1.54, 1.807) is 12.1 Å². The van der Waals surface area contributed by atoms with Crippen molar-refractivity contribution in [2.75, 3.05) is 13.2 Å². The number of halogens is 1. The van der Waals surface area contributed by atoms with Crippen LogP contribution in [0.5, 0.6) is 17.2 Å². The summed E-state index contributed by atoms with van der Waals surface area (Å²) < 4.78 is 16.8. The average molecular weight is 317 g/mol. The van der Waals surface area contributed by atoms with E-state index >= 15 is 0 Å². The van der Waals surface area contributed by atoms with Crippen LogP contribution in [0.3, 0.4) is 0 Å². The van der Waals surface area contributed by atoms with E-state index in [-0.39, 0.29) is 0 Å². The van der Waals surface area contributed by atoms with Gasteiger partial charge in [0.15, 0.2) is 11.5 Å². The maximum atomic E-state index is 5.85. The van der Waals surface area contributed by atoms with Gasteiger partial charge >= 0.3 is 0 Å². The van der Waals surface area contributed by atoms with Crippen molar-refractivity contribution in [2.24, 2.45) is 0 Å². The minimum absolute atomic E-state index is 0.350. The standard InChI is InChI=1S/C16H13ClN2O3/c17-10-1-3-11(4-2-10)22-9-16-18-12-7-14-15(8-13(12)19-16)21-6-5-20-14/h1-4,7-8H,5-6,9H2,(H,18,19). The lowest BCUT2D eigenvalue weighted by molar-refractivity contribution is 0.172. The number of fused-ring (bicyclic) bond motifs is 2. The van der Waals surface area contributed by atoms with E-state index in [1.807, 2.05) is 24.3 Å². The van der Waals surface area contributed by atoms with Gasteiger partial charge in [-0.2, -0.15) is 0 Å². The van der Waals surface area contributed by atoms with E-state index in [2.05, 4.69) is 9.97 Å². The molecule has 5 nitrogen and oxygen atoms in total. The molecule has 1 N–H and O–H groups in total. The van der Waals surface area contributed by atoms with Crippen LogP contribution in [0, 0.1) is 0 Å². The highest BCUT2D eigenvalue weighted by atomic mass is 35.5. The summed E-state index contributed by atoms with van der Waals surface area (Å²) in [6.45, 7) is 1.48. The molecule has 0 atom stereocenters. The van der Waals surface area contributed by atoms with Gasteiger partial charge in [-0.15, -0.1) is 0 Å². The first-order valence-electron chi connectivity index (χ1n) is 6.94. The second-order valence-electron chi connectivity index (χ2n) is 4.94. The first-order chi connectivity index (χ1) is 10.8. The van der Waals surface area contributed by atoms with Crippen LogP contribution in [0.1, 0.15) is 5.82 Å². The zero-order valence-corrected chi connectivity index (χ0v) is 12.4. The van der Waals surface area contributed by atoms with Gasteiger partial charge in [-0.1, -0.05) is 11.6 Å². The topological polar surface area (TPSA) is 56.4 Å². The Morgan fingerprint density at radius 3 is 2.59 bits per heavy atom. The first kappa shape index (κ1) is 13.3. The van der Waals surface area contributed by atoms with Crippen molar-refractivity contribution >= 4 is 22.6 Å². The molecule has 1 aliphatic rings. The van der Waals surface area contributed by atoms with E-state index in [0.29, 0.717) is 24.8 Å². The van der Waals surface area contributed by atoms with Gasteiger partial charge in [0, 0.05) is 17.2 Å². The minimum Gasteiger partial charge on any atom is -0.486 e. The van der Waals surface area contributed by atoms with E-state index in [4.69, 9.17) is 25.8 Å². The molecule has 2 aromatic carbocycles. The SMILES string of the molecule is Clc1ccc(OCc2nc3cc4c(cc3[nH]2)OCCO4)cc1. The molecule has 112 valence electrons. The Labute approximate surface area is 131 Å². The summed E-state index contributed by atoms with van der Waals surface area (Å²) in [7, 11) is 0. The molecule has 4 rings (SSSR count). The predicted molar refractivity (Wildman–Crippen MR) is 82.9 cm³/mol. The number of nitrogens with zero attached hydrogens (tertiary/aromatic N) is 1. The van der Waals surface area contributed by atoms with E-state index in [1.165, 1.54) is 0 Å². The Kier molecular flexibility index (Phi) is 3.27. The first-order valence-corrected chi connectivity index (χ1v) is 7.32. The summed E-state index contributed by atoms with van der Waals surface area (Å²) in [6.07, 6.45) is 0. The van der Waals surface area contributed by atoms with Crippen molar-refractivity contribution in [3.63, 3.8) is 0 Å². The van der Waals surface area contributed by atoms with Gasteiger partial charge in [0.1, 0.15) is 31.4 Å². The number of ether oxygens (including phenoxy) is 3. The van der Waals surface area contributed by atoms with Gasteiger partial charge in [-0.05, 0) is 24.3 Å². The van der Waals surface area contributed by atoms with Crippen LogP contribution in [0.2, 0.25) is 5.02 Å². The molecular weight excluding hydrogens is 304 g/mol. The summed E-state index contributed by atoms with van der Waals surface area (Å²) >= 11 is 5.85. The van der Waals surface area contributed by atoms with Gasteiger partial charge in [0.2, 0.25) is 0 Å². The molecule has 0 spiro atoms. The average Bonchev–Trinajstić information content (AvgIpc) is 2.93. The van der Waals surface area contributed by atoms with Crippen LogP contribution < -0.4 is 14.2 Å². The Morgan fingerprint density at radius 2 is 1.82 bits per heavy atom. The lowest BCUT2D eigenvalue weighted by atomic mass is 10.2. The molecule has 2 heterocycles. The van der Waals surface area contributed by atoms with Crippen LogP contribution in [0.4, 0.5) is 0 Å². The summed E-state index contributed by atoms with van der Waals surface area (Å²) in [4.78, 5) is 7.74. The van der Waals surface area contributed by atoms with Crippen molar-refractivity contribution < 1.29 is 14.2 Å². The second-order valence-corrected chi connectivity index (χ2v) is 5.38. The molecule has 0 saturated carbocycles. The summed E-state index contributed by atoms with van der Waals surface area (Å²) in [5.74, 6) is 2.96. The highest BCUT2D eigenvalue weighted by molar-refractivity contribution is 6.30. The van der Waals surface area contributed by atoms with Gasteiger partial charge < -0.3 is 19.2 Å². The molecule has 1 aromatic heterocycles. The van der Waals surface area contributed by atoms with Crippen LogP contribution in [-0.4, -0.2) is 23.2 Å². The number of benzene rings is 2. The molecule has 3 aromatic rings. The fraction of sp³-hybridized carbons (Fsp3) is 0.188. The molecule has 0 radical (unpaired) electrons. The highest BCUT2D eigenvalue weighted by Crippen LogP contribution is 2.33. The second kappa shape index (κ2) is 5.42. The molecule has 0 unspecified atom stereocenters. The van der Waals surface area contributed by atoms with Crippen LogP contribution >= 0.6 is 11.6 Å². The van der Waals surface area contributed by atoms with Crippen LogP contribution in [0.15, 0.2) is 36.4 Å². The number of hydrogen-bond acceptors (Lipinski definition) is 4. The Bertz CT molecular complexity index is 771. The number of imidazole rings is 1. The molecule has 0 aliphatic carbocycles. The Balaban J connectivity index is 1.56. The van der Waals surface area contributed by atoms with Gasteiger partial charge in [0.05, 0.1) is 11.0 Å². The Hall–Kier alpha value is -2.40. The predicted octanol–water partition coefficient (Wildman–Crippen LogP) is 3.57. The number of nitrogens with one attached hydrogen (secondary N) is 1. The maximum Gasteiger partial charge on any atom is 0.163 e. The smallest absolute Gasteiger partial charge is 0.163 e. The zero-order valence-electron chi connectivity index (χ0n) is 11.6. The Morgan fingerprint density at radius 1 is 1.09 bits per heavy atom. The van der Waals surface area contributed by atoms with Crippen LogP contribution in [0.25, 0.3) is 11.0 Å². The monoisotopic (exact) mass is 316 g/mol. The molecule has 0 fully saturated rings. The lowest BCUT2D eigenvalue weighted by Gasteiger charge is -2.17. The number of aromatic amines is 1. The third kappa shape index (κ3) is 2.55. The quantitative estimate of drug-likeness (QED) is 0.802. The lowest BCUT2D eigenvalue weighted by Crippen LogP contribution is -2.15. The minimum atomic E-state index is 0.350. The number of H-pyrrole nitrogens is 1. The molecule has 0 amide bonds. The van der Waals surface area contributed by atoms with Crippen molar-refractivity contribution in [2.45, 2.75) is 6.61 Å². The number of rotatable bonds is 3. The largest absolute Gasteiger partial charge is 0.486 e.